The molecule has 0 spiro atoms. The number of carbonyl (C=O) groups excluding carboxylic acids is 2. The topological polar surface area (TPSA) is 49.4 Å². The third-order valence-corrected chi connectivity index (χ3v) is 6.84. The van der Waals surface area contributed by atoms with Gasteiger partial charge in [-0.05, 0) is 37.0 Å². The summed E-state index contributed by atoms with van der Waals surface area (Å²) >= 11 is 7.74. The van der Waals surface area contributed by atoms with Crippen molar-refractivity contribution in [3.8, 4) is 0 Å². The van der Waals surface area contributed by atoms with E-state index in [1.807, 2.05) is 61.5 Å². The van der Waals surface area contributed by atoms with E-state index in [0.29, 0.717) is 23.1 Å². The van der Waals surface area contributed by atoms with Gasteiger partial charge in [-0.1, -0.05) is 73.0 Å². The van der Waals surface area contributed by atoms with E-state index in [1.54, 1.807) is 4.90 Å². The van der Waals surface area contributed by atoms with Crippen LogP contribution in [0.2, 0.25) is 5.02 Å². The first-order chi connectivity index (χ1) is 14.5. The fraction of sp³-hybridized carbons (Fsp3) is 0.417. The van der Waals surface area contributed by atoms with Crippen LogP contribution in [0.15, 0.2) is 54.6 Å². The first kappa shape index (κ1) is 22.7. The third-order valence-electron chi connectivity index (χ3n) is 5.51. The average Bonchev–Trinajstić information content (AvgIpc) is 3.26. The van der Waals surface area contributed by atoms with Crippen LogP contribution in [0.5, 0.6) is 0 Å². The molecular formula is C24H29ClN2O2S. The predicted molar refractivity (Wildman–Crippen MR) is 124 cm³/mol. The second-order valence-electron chi connectivity index (χ2n) is 7.76. The summed E-state index contributed by atoms with van der Waals surface area (Å²) in [6.07, 6.45) is 4.37. The van der Waals surface area contributed by atoms with Gasteiger partial charge in [0.05, 0.1) is 5.75 Å². The molecule has 1 aliphatic carbocycles. The quantitative estimate of drug-likeness (QED) is 0.588. The number of rotatable bonds is 9. The van der Waals surface area contributed by atoms with Crippen molar-refractivity contribution in [2.45, 2.75) is 57.0 Å². The van der Waals surface area contributed by atoms with Crippen LogP contribution in [0.4, 0.5) is 0 Å². The van der Waals surface area contributed by atoms with E-state index >= 15 is 0 Å². The van der Waals surface area contributed by atoms with Crippen molar-refractivity contribution in [2.24, 2.45) is 0 Å². The van der Waals surface area contributed by atoms with Gasteiger partial charge in [0.25, 0.3) is 0 Å². The van der Waals surface area contributed by atoms with Gasteiger partial charge < -0.3 is 10.2 Å². The lowest BCUT2D eigenvalue weighted by atomic mass is 10.1. The minimum Gasteiger partial charge on any atom is -0.352 e. The maximum Gasteiger partial charge on any atom is 0.242 e. The highest BCUT2D eigenvalue weighted by atomic mass is 35.5. The van der Waals surface area contributed by atoms with Crippen LogP contribution in [-0.4, -0.2) is 34.6 Å². The number of halogens is 1. The standard InChI is InChI=1S/C24H29ClN2O2S/c1-18(24(29)26-21-12-6-7-13-21)27(15-19-9-3-2-4-10-19)23(28)17-30-16-20-11-5-8-14-22(20)25/h2-5,8-11,14,18,21H,6-7,12-13,15-17H2,1H3,(H,26,29)/t18-/m1/s1. The van der Waals surface area contributed by atoms with Crippen molar-refractivity contribution in [1.29, 1.82) is 0 Å². The fourth-order valence-corrected chi connectivity index (χ4v) is 4.90. The van der Waals surface area contributed by atoms with E-state index < -0.39 is 6.04 Å². The molecule has 2 amide bonds. The molecule has 2 aromatic rings. The average molecular weight is 445 g/mol. The molecule has 0 unspecified atom stereocenters. The first-order valence-electron chi connectivity index (χ1n) is 10.5. The van der Waals surface area contributed by atoms with Gasteiger partial charge in [0, 0.05) is 23.4 Å². The molecule has 1 N–H and O–H groups in total. The van der Waals surface area contributed by atoms with Crippen LogP contribution in [-0.2, 0) is 21.9 Å². The zero-order valence-electron chi connectivity index (χ0n) is 17.4. The summed E-state index contributed by atoms with van der Waals surface area (Å²) in [7, 11) is 0. The van der Waals surface area contributed by atoms with Gasteiger partial charge in [-0.3, -0.25) is 9.59 Å². The van der Waals surface area contributed by atoms with Crippen LogP contribution in [0.25, 0.3) is 0 Å². The molecule has 1 saturated carbocycles. The van der Waals surface area contributed by atoms with Gasteiger partial charge >= 0.3 is 0 Å². The lowest BCUT2D eigenvalue weighted by Gasteiger charge is -2.29. The Labute approximate surface area is 188 Å². The van der Waals surface area contributed by atoms with Gasteiger partial charge in [0.1, 0.15) is 6.04 Å². The highest BCUT2D eigenvalue weighted by molar-refractivity contribution is 7.99. The number of thioether (sulfide) groups is 1. The smallest absolute Gasteiger partial charge is 0.242 e. The second-order valence-corrected chi connectivity index (χ2v) is 9.15. The van der Waals surface area contributed by atoms with E-state index in [2.05, 4.69) is 5.32 Å². The van der Waals surface area contributed by atoms with Crippen LogP contribution in [0.1, 0.15) is 43.7 Å². The van der Waals surface area contributed by atoms with Crippen LogP contribution >= 0.6 is 23.4 Å². The fourth-order valence-electron chi connectivity index (χ4n) is 3.70. The number of benzene rings is 2. The predicted octanol–water partition coefficient (Wildman–Crippen LogP) is 5.05. The van der Waals surface area contributed by atoms with Crippen molar-refractivity contribution in [3.63, 3.8) is 0 Å². The summed E-state index contributed by atoms with van der Waals surface area (Å²) in [6.45, 7) is 2.25. The molecule has 30 heavy (non-hydrogen) atoms. The van der Waals surface area contributed by atoms with Gasteiger partial charge in [-0.15, -0.1) is 11.8 Å². The summed E-state index contributed by atoms with van der Waals surface area (Å²) < 4.78 is 0. The summed E-state index contributed by atoms with van der Waals surface area (Å²) in [5.41, 5.74) is 2.03. The zero-order valence-corrected chi connectivity index (χ0v) is 18.9. The summed E-state index contributed by atoms with van der Waals surface area (Å²) in [4.78, 5) is 27.6. The molecule has 0 bridgehead atoms. The Hall–Kier alpha value is -1.98. The number of amides is 2. The van der Waals surface area contributed by atoms with Crippen molar-refractivity contribution in [3.05, 3.63) is 70.7 Å². The lowest BCUT2D eigenvalue weighted by molar-refractivity contribution is -0.138. The molecule has 0 saturated heterocycles. The van der Waals surface area contributed by atoms with Gasteiger partial charge in [0.2, 0.25) is 11.8 Å². The molecule has 0 heterocycles. The molecule has 3 rings (SSSR count). The molecular weight excluding hydrogens is 416 g/mol. The first-order valence-corrected chi connectivity index (χ1v) is 12.0. The van der Waals surface area contributed by atoms with Gasteiger partial charge in [0.15, 0.2) is 0 Å². The van der Waals surface area contributed by atoms with Crippen LogP contribution < -0.4 is 5.32 Å². The normalized spacial score (nSPS) is 15.0. The van der Waals surface area contributed by atoms with E-state index in [4.69, 9.17) is 11.6 Å². The lowest BCUT2D eigenvalue weighted by Crippen LogP contribution is -2.50. The second kappa shape index (κ2) is 11.4. The zero-order chi connectivity index (χ0) is 21.3. The van der Waals surface area contributed by atoms with E-state index in [9.17, 15) is 9.59 Å². The maximum atomic E-state index is 13.1. The van der Waals surface area contributed by atoms with Gasteiger partial charge in [-0.25, -0.2) is 0 Å². The van der Waals surface area contributed by atoms with Crippen molar-refractivity contribution in [1.82, 2.24) is 10.2 Å². The Bertz CT molecular complexity index is 840. The minimum atomic E-state index is -0.515. The largest absolute Gasteiger partial charge is 0.352 e. The van der Waals surface area contributed by atoms with E-state index in [-0.39, 0.29) is 17.9 Å². The number of nitrogens with zero attached hydrogens (tertiary/aromatic N) is 1. The van der Waals surface area contributed by atoms with E-state index in [0.717, 1.165) is 36.8 Å². The molecule has 0 aromatic heterocycles. The van der Waals surface area contributed by atoms with E-state index in [1.165, 1.54) is 11.8 Å². The molecule has 2 aromatic carbocycles. The van der Waals surface area contributed by atoms with Crippen LogP contribution in [0, 0.1) is 0 Å². The molecule has 1 atom stereocenters. The third kappa shape index (κ3) is 6.51. The molecule has 0 aliphatic heterocycles. The highest BCUT2D eigenvalue weighted by Crippen LogP contribution is 2.22. The number of hydrogen-bond acceptors (Lipinski definition) is 3. The van der Waals surface area contributed by atoms with Crippen molar-refractivity contribution in [2.75, 3.05) is 5.75 Å². The number of hydrogen-bond donors (Lipinski definition) is 1. The summed E-state index contributed by atoms with van der Waals surface area (Å²) in [5, 5.41) is 3.84. The summed E-state index contributed by atoms with van der Waals surface area (Å²) in [6, 6.07) is 17.2. The Kier molecular flexibility index (Phi) is 8.64. The Balaban J connectivity index is 1.63. The maximum absolute atomic E-state index is 13.1. The molecule has 1 fully saturated rings. The summed E-state index contributed by atoms with van der Waals surface area (Å²) in [5.74, 6) is 0.860. The molecule has 160 valence electrons. The number of carbonyl (C=O) groups is 2. The monoisotopic (exact) mass is 444 g/mol. The Morgan fingerprint density at radius 1 is 1.10 bits per heavy atom. The molecule has 0 radical (unpaired) electrons. The number of nitrogens with one attached hydrogen (secondary N) is 1. The highest BCUT2D eigenvalue weighted by Gasteiger charge is 2.28. The van der Waals surface area contributed by atoms with Crippen LogP contribution in [0.3, 0.4) is 0 Å². The Morgan fingerprint density at radius 2 is 1.77 bits per heavy atom. The molecule has 4 nitrogen and oxygen atoms in total. The minimum absolute atomic E-state index is 0.0371. The Morgan fingerprint density at radius 3 is 2.47 bits per heavy atom. The van der Waals surface area contributed by atoms with Crippen molar-refractivity contribution < 1.29 is 9.59 Å². The SMILES string of the molecule is C[C@H](C(=O)NC1CCCC1)N(Cc1ccccc1)C(=O)CSCc1ccccc1Cl. The van der Waals surface area contributed by atoms with Crippen molar-refractivity contribution >= 4 is 35.2 Å². The van der Waals surface area contributed by atoms with Gasteiger partial charge in [-0.2, -0.15) is 0 Å². The molecule has 6 heteroatoms. The molecule has 1 aliphatic rings.